The largest absolute Gasteiger partial charge is 0.343 e. The lowest BCUT2D eigenvalue weighted by atomic mass is 9.91. The fourth-order valence-electron chi connectivity index (χ4n) is 3.73. The lowest BCUT2D eigenvalue weighted by Crippen LogP contribution is -2.53. The molecule has 1 aromatic heterocycles. The maximum atomic E-state index is 13.2. The topological polar surface area (TPSA) is 62.3 Å². The van der Waals surface area contributed by atoms with Gasteiger partial charge in [-0.05, 0) is 42.5 Å². The van der Waals surface area contributed by atoms with Crippen molar-refractivity contribution in [2.24, 2.45) is 11.8 Å². The summed E-state index contributed by atoms with van der Waals surface area (Å²) >= 11 is 8.82. The number of piperidine rings is 1. The molecule has 29 heavy (non-hydrogen) atoms. The summed E-state index contributed by atoms with van der Waals surface area (Å²) in [7, 11) is 0. The average molecular weight is 452 g/mol. The molecule has 3 rings (SSSR count). The zero-order valence-electron chi connectivity index (χ0n) is 16.6. The van der Waals surface area contributed by atoms with E-state index in [4.69, 9.17) is 11.6 Å². The number of aromatic nitrogens is 1. The maximum Gasteiger partial charge on any atom is 0.245 e. The van der Waals surface area contributed by atoms with Crippen LogP contribution in [0.2, 0.25) is 5.02 Å². The number of hydrogen-bond acceptors (Lipinski definition) is 5. The van der Waals surface area contributed by atoms with Crippen LogP contribution in [0.4, 0.5) is 0 Å². The Morgan fingerprint density at radius 1 is 1.28 bits per heavy atom. The van der Waals surface area contributed by atoms with Gasteiger partial charge >= 0.3 is 0 Å². The Hall–Kier alpha value is -1.57. The van der Waals surface area contributed by atoms with Crippen molar-refractivity contribution in [2.75, 3.05) is 18.8 Å². The van der Waals surface area contributed by atoms with Gasteiger partial charge in [0.15, 0.2) is 0 Å². The summed E-state index contributed by atoms with van der Waals surface area (Å²) < 4.78 is 0. The van der Waals surface area contributed by atoms with E-state index in [-0.39, 0.29) is 17.6 Å². The number of amides is 2. The van der Waals surface area contributed by atoms with E-state index in [1.54, 1.807) is 17.6 Å². The minimum Gasteiger partial charge on any atom is -0.343 e. The van der Waals surface area contributed by atoms with Crippen molar-refractivity contribution < 1.29 is 9.59 Å². The van der Waals surface area contributed by atoms with Crippen molar-refractivity contribution in [3.05, 3.63) is 45.9 Å². The van der Waals surface area contributed by atoms with E-state index in [1.807, 2.05) is 22.4 Å². The smallest absolute Gasteiger partial charge is 0.245 e. The lowest BCUT2D eigenvalue weighted by molar-refractivity contribution is -0.138. The third-order valence-electron chi connectivity index (χ3n) is 4.89. The molecular weight excluding hydrogens is 426 g/mol. The molecular formula is C21H26ClN3O2S2. The molecule has 0 bridgehead atoms. The molecule has 1 aromatic carbocycles. The van der Waals surface area contributed by atoms with Gasteiger partial charge in [0, 0.05) is 34.8 Å². The van der Waals surface area contributed by atoms with Crippen molar-refractivity contribution in [2.45, 2.75) is 37.6 Å². The van der Waals surface area contributed by atoms with Crippen LogP contribution in [0.3, 0.4) is 0 Å². The van der Waals surface area contributed by atoms with E-state index < -0.39 is 6.04 Å². The maximum absolute atomic E-state index is 13.2. The first-order valence-corrected chi connectivity index (χ1v) is 12.0. The minimum atomic E-state index is -0.590. The predicted molar refractivity (Wildman–Crippen MR) is 119 cm³/mol. The summed E-state index contributed by atoms with van der Waals surface area (Å²) in [5, 5.41) is 5.54. The average Bonchev–Trinajstić information content (AvgIpc) is 3.19. The highest BCUT2D eigenvalue weighted by molar-refractivity contribution is 8.00. The molecule has 2 amide bonds. The van der Waals surface area contributed by atoms with Crippen LogP contribution in [0.15, 0.2) is 40.1 Å². The Bertz CT molecular complexity index is 804. The van der Waals surface area contributed by atoms with Crippen LogP contribution in [0, 0.1) is 11.8 Å². The number of thiazole rings is 1. The zero-order valence-corrected chi connectivity index (χ0v) is 19.0. The summed E-state index contributed by atoms with van der Waals surface area (Å²) in [6.07, 6.45) is 1.55. The van der Waals surface area contributed by atoms with Crippen molar-refractivity contribution in [1.29, 1.82) is 0 Å². The molecule has 2 aromatic rings. The van der Waals surface area contributed by atoms with E-state index in [0.29, 0.717) is 23.3 Å². The second-order valence-electron chi connectivity index (χ2n) is 7.74. The third-order valence-corrected chi connectivity index (χ3v) is 6.79. The molecule has 3 atom stereocenters. The van der Waals surface area contributed by atoms with E-state index >= 15 is 0 Å². The number of halogens is 1. The number of benzene rings is 1. The van der Waals surface area contributed by atoms with Crippen LogP contribution < -0.4 is 5.32 Å². The van der Waals surface area contributed by atoms with Crippen LogP contribution >= 0.6 is 34.7 Å². The number of likely N-dealkylation sites (tertiary alicyclic amines) is 1. The number of carbonyl (C=O) groups is 2. The van der Waals surface area contributed by atoms with Gasteiger partial charge in [-0.1, -0.05) is 25.4 Å². The van der Waals surface area contributed by atoms with Gasteiger partial charge in [0.25, 0.3) is 0 Å². The SMILES string of the molecule is CC1CC(C)CN(C(=O)C(Cc2cscn2)NC(=O)CSc2ccc(Cl)cc2)C1. The zero-order chi connectivity index (χ0) is 20.8. The Balaban J connectivity index is 1.63. The molecule has 8 heteroatoms. The monoisotopic (exact) mass is 451 g/mol. The van der Waals surface area contributed by atoms with Gasteiger partial charge in [0.2, 0.25) is 11.8 Å². The Morgan fingerprint density at radius 2 is 1.97 bits per heavy atom. The Labute approximate surface area is 185 Å². The van der Waals surface area contributed by atoms with Gasteiger partial charge < -0.3 is 10.2 Å². The quantitative estimate of drug-likeness (QED) is 0.643. The van der Waals surface area contributed by atoms with Crippen LogP contribution in [0.5, 0.6) is 0 Å². The standard InChI is InChI=1S/C21H26ClN3O2S2/c1-14-7-15(2)10-25(9-14)21(27)19(8-17-11-28-13-23-17)24-20(26)12-29-18-5-3-16(22)4-6-18/h3-6,11,13-15,19H,7-10,12H2,1-2H3,(H,24,26). The molecule has 1 aliphatic heterocycles. The molecule has 156 valence electrons. The second kappa shape index (κ2) is 10.5. The highest BCUT2D eigenvalue weighted by atomic mass is 35.5. The summed E-state index contributed by atoms with van der Waals surface area (Å²) in [5.74, 6) is 1.02. The molecule has 0 saturated carbocycles. The lowest BCUT2D eigenvalue weighted by Gasteiger charge is -2.37. The normalized spacial score (nSPS) is 20.3. The molecule has 0 radical (unpaired) electrons. The third kappa shape index (κ3) is 6.73. The van der Waals surface area contributed by atoms with Crippen LogP contribution in [-0.4, -0.2) is 46.6 Å². The number of thioether (sulfide) groups is 1. The van der Waals surface area contributed by atoms with Crippen LogP contribution in [0.25, 0.3) is 0 Å². The van der Waals surface area contributed by atoms with Gasteiger partial charge in [-0.25, -0.2) is 4.98 Å². The molecule has 1 aliphatic rings. The second-order valence-corrected chi connectivity index (χ2v) is 9.94. The Kier molecular flexibility index (Phi) is 7.98. The minimum absolute atomic E-state index is 0.0127. The van der Waals surface area contributed by atoms with Crippen LogP contribution in [-0.2, 0) is 16.0 Å². The van der Waals surface area contributed by atoms with Gasteiger partial charge in [-0.2, -0.15) is 0 Å². The van der Waals surface area contributed by atoms with Crippen molar-refractivity contribution >= 4 is 46.5 Å². The number of nitrogens with one attached hydrogen (secondary N) is 1. The molecule has 3 unspecified atom stereocenters. The number of rotatable bonds is 7. The van der Waals surface area contributed by atoms with Crippen molar-refractivity contribution in [3.8, 4) is 0 Å². The summed E-state index contributed by atoms with van der Waals surface area (Å²) in [4.78, 5) is 33.0. The summed E-state index contributed by atoms with van der Waals surface area (Å²) in [5.41, 5.74) is 2.58. The number of nitrogens with zero attached hydrogens (tertiary/aromatic N) is 2. The van der Waals surface area contributed by atoms with E-state index in [2.05, 4.69) is 24.1 Å². The molecule has 5 nitrogen and oxygen atoms in total. The van der Waals surface area contributed by atoms with Gasteiger partial charge in [0.1, 0.15) is 6.04 Å². The summed E-state index contributed by atoms with van der Waals surface area (Å²) in [6.45, 7) is 5.83. The summed E-state index contributed by atoms with van der Waals surface area (Å²) in [6, 6.07) is 6.78. The molecule has 1 N–H and O–H groups in total. The van der Waals surface area contributed by atoms with Gasteiger partial charge in [0.05, 0.1) is 17.0 Å². The number of hydrogen-bond donors (Lipinski definition) is 1. The molecule has 1 fully saturated rings. The Morgan fingerprint density at radius 3 is 2.59 bits per heavy atom. The van der Waals surface area contributed by atoms with E-state index in [9.17, 15) is 9.59 Å². The first-order valence-electron chi connectivity index (χ1n) is 9.74. The number of carbonyl (C=O) groups excluding carboxylic acids is 2. The highest BCUT2D eigenvalue weighted by Crippen LogP contribution is 2.23. The van der Waals surface area contributed by atoms with Crippen molar-refractivity contribution in [3.63, 3.8) is 0 Å². The first-order chi connectivity index (χ1) is 13.9. The first kappa shape index (κ1) is 22.1. The van der Waals surface area contributed by atoms with E-state index in [0.717, 1.165) is 30.1 Å². The molecule has 1 saturated heterocycles. The van der Waals surface area contributed by atoms with E-state index in [1.165, 1.54) is 23.1 Å². The molecule has 0 spiro atoms. The molecule has 0 aliphatic carbocycles. The van der Waals surface area contributed by atoms with Crippen LogP contribution in [0.1, 0.15) is 26.0 Å². The highest BCUT2D eigenvalue weighted by Gasteiger charge is 2.31. The fraction of sp³-hybridized carbons (Fsp3) is 0.476. The fourth-order valence-corrected chi connectivity index (χ4v) is 5.13. The van der Waals surface area contributed by atoms with Gasteiger partial charge in [-0.15, -0.1) is 23.1 Å². The van der Waals surface area contributed by atoms with Crippen molar-refractivity contribution in [1.82, 2.24) is 15.2 Å². The molecule has 2 heterocycles. The van der Waals surface area contributed by atoms with Gasteiger partial charge in [-0.3, -0.25) is 9.59 Å². The predicted octanol–water partition coefficient (Wildman–Crippen LogP) is 4.12.